The summed E-state index contributed by atoms with van der Waals surface area (Å²) in [5.41, 5.74) is 0. The molecule has 0 aliphatic carbocycles. The molecule has 1 fully saturated rings. The first-order valence-electron chi connectivity index (χ1n) is 6.37. The standard InChI is InChI=1S/C12H26N2S/c1-3-15-10-7-11(2)14-12-5-4-8-13-9-6-12/h11-14H,3-10H2,1-2H3. The van der Waals surface area contributed by atoms with Crippen LogP contribution in [0.25, 0.3) is 0 Å². The fourth-order valence-electron chi connectivity index (χ4n) is 2.08. The Labute approximate surface area is 99.0 Å². The Hall–Kier alpha value is 0.270. The third-order valence-electron chi connectivity index (χ3n) is 3.00. The van der Waals surface area contributed by atoms with Gasteiger partial charge < -0.3 is 10.6 Å². The molecule has 3 heteroatoms. The summed E-state index contributed by atoms with van der Waals surface area (Å²) in [7, 11) is 0. The van der Waals surface area contributed by atoms with Crippen LogP contribution in [0.2, 0.25) is 0 Å². The average molecular weight is 230 g/mol. The van der Waals surface area contributed by atoms with Gasteiger partial charge in [0.05, 0.1) is 0 Å². The molecule has 1 aliphatic rings. The van der Waals surface area contributed by atoms with Crippen molar-refractivity contribution in [1.29, 1.82) is 0 Å². The van der Waals surface area contributed by atoms with E-state index in [1.807, 2.05) is 0 Å². The quantitative estimate of drug-likeness (QED) is 0.684. The van der Waals surface area contributed by atoms with Crippen LogP contribution in [0, 0.1) is 0 Å². The summed E-state index contributed by atoms with van der Waals surface area (Å²) in [5, 5.41) is 7.22. The topological polar surface area (TPSA) is 24.1 Å². The molecule has 2 unspecified atom stereocenters. The molecule has 0 radical (unpaired) electrons. The van der Waals surface area contributed by atoms with Gasteiger partial charge in [0, 0.05) is 12.1 Å². The molecule has 0 amide bonds. The van der Waals surface area contributed by atoms with Crippen LogP contribution in [0.5, 0.6) is 0 Å². The van der Waals surface area contributed by atoms with E-state index in [1.54, 1.807) is 0 Å². The molecular weight excluding hydrogens is 204 g/mol. The van der Waals surface area contributed by atoms with Gasteiger partial charge in [-0.05, 0) is 57.2 Å². The molecule has 1 aliphatic heterocycles. The van der Waals surface area contributed by atoms with Gasteiger partial charge in [-0.25, -0.2) is 0 Å². The predicted molar refractivity (Wildman–Crippen MR) is 70.7 cm³/mol. The van der Waals surface area contributed by atoms with Crippen LogP contribution in [0.4, 0.5) is 0 Å². The lowest BCUT2D eigenvalue weighted by molar-refractivity contribution is 0.409. The van der Waals surface area contributed by atoms with Crippen LogP contribution in [0.15, 0.2) is 0 Å². The van der Waals surface area contributed by atoms with Crippen molar-refractivity contribution in [2.75, 3.05) is 24.6 Å². The molecule has 0 saturated carbocycles. The predicted octanol–water partition coefficient (Wildman–Crippen LogP) is 2.25. The second kappa shape index (κ2) is 8.43. The lowest BCUT2D eigenvalue weighted by Gasteiger charge is -2.21. The SMILES string of the molecule is CCSCCC(C)NC1CCCNCC1. The van der Waals surface area contributed by atoms with Gasteiger partial charge in [-0.3, -0.25) is 0 Å². The van der Waals surface area contributed by atoms with Gasteiger partial charge in [-0.15, -0.1) is 0 Å². The van der Waals surface area contributed by atoms with E-state index in [0.717, 1.165) is 6.04 Å². The molecule has 1 rings (SSSR count). The highest BCUT2D eigenvalue weighted by Gasteiger charge is 2.13. The van der Waals surface area contributed by atoms with Crippen LogP contribution in [-0.4, -0.2) is 36.7 Å². The van der Waals surface area contributed by atoms with E-state index in [1.165, 1.54) is 50.3 Å². The number of nitrogens with one attached hydrogen (secondary N) is 2. The molecule has 0 aromatic heterocycles. The summed E-state index contributed by atoms with van der Waals surface area (Å²) in [5.74, 6) is 2.55. The summed E-state index contributed by atoms with van der Waals surface area (Å²) in [4.78, 5) is 0. The molecule has 0 bridgehead atoms. The Bertz CT molecular complexity index is 145. The summed E-state index contributed by atoms with van der Waals surface area (Å²) in [6.45, 7) is 6.96. The van der Waals surface area contributed by atoms with Crippen LogP contribution in [0.1, 0.15) is 39.5 Å². The molecule has 90 valence electrons. The minimum Gasteiger partial charge on any atom is -0.317 e. The third-order valence-corrected chi connectivity index (χ3v) is 3.93. The molecule has 1 saturated heterocycles. The van der Waals surface area contributed by atoms with Gasteiger partial charge in [0.2, 0.25) is 0 Å². The monoisotopic (exact) mass is 230 g/mol. The van der Waals surface area contributed by atoms with E-state index >= 15 is 0 Å². The van der Waals surface area contributed by atoms with Crippen molar-refractivity contribution >= 4 is 11.8 Å². The van der Waals surface area contributed by atoms with E-state index in [9.17, 15) is 0 Å². The summed E-state index contributed by atoms with van der Waals surface area (Å²) in [6, 6.07) is 1.44. The van der Waals surface area contributed by atoms with Crippen molar-refractivity contribution in [3.05, 3.63) is 0 Å². The Balaban J connectivity index is 2.09. The highest BCUT2D eigenvalue weighted by molar-refractivity contribution is 7.99. The van der Waals surface area contributed by atoms with E-state index in [4.69, 9.17) is 0 Å². The average Bonchev–Trinajstić information content (AvgIpc) is 2.47. The molecule has 1 heterocycles. The van der Waals surface area contributed by atoms with E-state index in [-0.39, 0.29) is 0 Å². The van der Waals surface area contributed by atoms with Gasteiger partial charge in [-0.1, -0.05) is 6.92 Å². The number of rotatable bonds is 6. The van der Waals surface area contributed by atoms with Gasteiger partial charge >= 0.3 is 0 Å². The molecule has 2 nitrogen and oxygen atoms in total. The first-order chi connectivity index (χ1) is 7.33. The largest absolute Gasteiger partial charge is 0.317 e. The maximum Gasteiger partial charge on any atom is 0.00820 e. The Morgan fingerprint density at radius 2 is 2.27 bits per heavy atom. The van der Waals surface area contributed by atoms with Gasteiger partial charge in [0.25, 0.3) is 0 Å². The zero-order valence-electron chi connectivity index (χ0n) is 10.2. The number of hydrogen-bond donors (Lipinski definition) is 2. The van der Waals surface area contributed by atoms with Crippen LogP contribution in [-0.2, 0) is 0 Å². The van der Waals surface area contributed by atoms with Gasteiger partial charge in [0.15, 0.2) is 0 Å². The highest BCUT2D eigenvalue weighted by atomic mass is 32.2. The Morgan fingerprint density at radius 3 is 3.07 bits per heavy atom. The molecule has 0 aromatic carbocycles. The fourth-order valence-corrected chi connectivity index (χ4v) is 2.88. The summed E-state index contributed by atoms with van der Waals surface area (Å²) in [6.07, 6.45) is 5.28. The maximum absolute atomic E-state index is 3.76. The zero-order valence-corrected chi connectivity index (χ0v) is 11.0. The fraction of sp³-hybridized carbons (Fsp3) is 1.00. The molecular formula is C12H26N2S. The minimum atomic E-state index is 0.687. The lowest BCUT2D eigenvalue weighted by Crippen LogP contribution is -2.37. The van der Waals surface area contributed by atoms with Crippen molar-refractivity contribution in [1.82, 2.24) is 10.6 Å². The Kier molecular flexibility index (Phi) is 7.49. The maximum atomic E-state index is 3.76. The first kappa shape index (κ1) is 13.3. The molecule has 2 N–H and O–H groups in total. The van der Waals surface area contributed by atoms with Gasteiger partial charge in [-0.2, -0.15) is 11.8 Å². The van der Waals surface area contributed by atoms with Gasteiger partial charge in [0.1, 0.15) is 0 Å². The van der Waals surface area contributed by atoms with Crippen molar-refractivity contribution in [3.8, 4) is 0 Å². The summed E-state index contributed by atoms with van der Waals surface area (Å²) < 4.78 is 0. The number of hydrogen-bond acceptors (Lipinski definition) is 3. The number of thioether (sulfide) groups is 1. The second-order valence-electron chi connectivity index (χ2n) is 4.43. The van der Waals surface area contributed by atoms with Crippen LogP contribution >= 0.6 is 11.8 Å². The zero-order chi connectivity index (χ0) is 10.9. The lowest BCUT2D eigenvalue weighted by atomic mass is 10.1. The van der Waals surface area contributed by atoms with Crippen molar-refractivity contribution in [2.45, 2.75) is 51.6 Å². The smallest absolute Gasteiger partial charge is 0.00820 e. The van der Waals surface area contributed by atoms with Crippen LogP contribution in [0.3, 0.4) is 0 Å². The highest BCUT2D eigenvalue weighted by Crippen LogP contribution is 2.09. The van der Waals surface area contributed by atoms with E-state index < -0.39 is 0 Å². The second-order valence-corrected chi connectivity index (χ2v) is 5.82. The van der Waals surface area contributed by atoms with Crippen LogP contribution < -0.4 is 10.6 Å². The molecule has 0 aromatic rings. The Morgan fingerprint density at radius 1 is 1.40 bits per heavy atom. The van der Waals surface area contributed by atoms with Crippen molar-refractivity contribution < 1.29 is 0 Å². The van der Waals surface area contributed by atoms with Crippen molar-refractivity contribution in [3.63, 3.8) is 0 Å². The summed E-state index contributed by atoms with van der Waals surface area (Å²) >= 11 is 2.05. The van der Waals surface area contributed by atoms with E-state index in [2.05, 4.69) is 36.2 Å². The molecule has 0 spiro atoms. The molecule has 15 heavy (non-hydrogen) atoms. The minimum absolute atomic E-state index is 0.687. The van der Waals surface area contributed by atoms with E-state index in [0.29, 0.717) is 6.04 Å². The van der Waals surface area contributed by atoms with Crippen molar-refractivity contribution in [2.24, 2.45) is 0 Å². The normalized spacial score (nSPS) is 24.8. The molecule has 2 atom stereocenters. The third kappa shape index (κ3) is 6.44. The first-order valence-corrected chi connectivity index (χ1v) is 7.53.